The van der Waals surface area contributed by atoms with Gasteiger partial charge in [-0.25, -0.2) is 18.8 Å². The Balaban J connectivity index is 1.42. The van der Waals surface area contributed by atoms with Gasteiger partial charge >= 0.3 is 5.90 Å². The zero-order valence-corrected chi connectivity index (χ0v) is 24.9. The molecule has 0 spiro atoms. The van der Waals surface area contributed by atoms with Crippen LogP contribution in [0.15, 0.2) is 59.0 Å². The number of aromatic nitrogens is 1. The number of carbonyl (C=O) groups excluding carboxylic acids is 1. The molecule has 0 radical (unpaired) electrons. The maximum atomic E-state index is 13.7. The average molecular weight is 608 g/mol. The Kier molecular flexibility index (Phi) is 7.63. The lowest BCUT2D eigenvalue weighted by molar-refractivity contribution is -0.429. The number of thiazole rings is 1. The molecule has 1 amide bonds. The molecule has 5 aromatic rings. The van der Waals surface area contributed by atoms with Gasteiger partial charge in [-0.3, -0.25) is 4.79 Å². The molecule has 0 aliphatic carbocycles. The van der Waals surface area contributed by atoms with Crippen molar-refractivity contribution in [1.29, 1.82) is 0 Å². The molecule has 1 aliphatic rings. The Hall–Kier alpha value is -3.96. The molecule has 0 saturated carbocycles. The third kappa shape index (κ3) is 5.11. The van der Waals surface area contributed by atoms with Crippen LogP contribution in [0.2, 0.25) is 0 Å². The lowest BCUT2D eigenvalue weighted by atomic mass is 9.88. The van der Waals surface area contributed by atoms with Gasteiger partial charge in [0.2, 0.25) is 0 Å². The van der Waals surface area contributed by atoms with Crippen LogP contribution >= 0.6 is 23.3 Å². The van der Waals surface area contributed by atoms with Crippen LogP contribution in [0.1, 0.15) is 39.7 Å². The fourth-order valence-corrected chi connectivity index (χ4v) is 6.87. The van der Waals surface area contributed by atoms with E-state index in [-0.39, 0.29) is 29.4 Å². The summed E-state index contributed by atoms with van der Waals surface area (Å²) in [6.45, 7) is 1.10. The van der Waals surface area contributed by atoms with Crippen molar-refractivity contribution in [1.82, 2.24) is 9.88 Å². The highest BCUT2D eigenvalue weighted by molar-refractivity contribution is 7.99. The van der Waals surface area contributed by atoms with Crippen molar-refractivity contribution in [3.63, 3.8) is 0 Å². The molecular formula is C31H29F2N4O3S2+. The molecule has 7 nitrogen and oxygen atoms in total. The number of carbonyl (C=O) groups is 1. The van der Waals surface area contributed by atoms with Gasteiger partial charge in [-0.05, 0) is 66.9 Å². The molecule has 3 aromatic carbocycles. The number of likely N-dealkylation sites (tertiary alicyclic amines) is 1. The van der Waals surface area contributed by atoms with Gasteiger partial charge in [-0.2, -0.15) is 0 Å². The number of amides is 1. The van der Waals surface area contributed by atoms with Gasteiger partial charge in [-0.15, -0.1) is 11.3 Å². The van der Waals surface area contributed by atoms with Crippen molar-refractivity contribution in [3.8, 4) is 11.3 Å². The summed E-state index contributed by atoms with van der Waals surface area (Å²) in [5.41, 5.74) is 4.29. The molecule has 216 valence electrons. The minimum Gasteiger partial charge on any atom is -0.460 e. The van der Waals surface area contributed by atoms with Crippen molar-refractivity contribution >= 4 is 62.0 Å². The van der Waals surface area contributed by atoms with Gasteiger partial charge in [0.25, 0.3) is 5.91 Å². The Morgan fingerprint density at radius 1 is 1.17 bits per heavy atom. The van der Waals surface area contributed by atoms with E-state index < -0.39 is 0 Å². The van der Waals surface area contributed by atoms with E-state index >= 15 is 0 Å². The zero-order chi connectivity index (χ0) is 29.5. The first-order chi connectivity index (χ1) is 20.3. The van der Waals surface area contributed by atoms with Crippen molar-refractivity contribution in [2.45, 2.75) is 18.8 Å². The highest BCUT2D eigenvalue weighted by Crippen LogP contribution is 2.42. The lowest BCUT2D eigenvalue weighted by Gasteiger charge is -2.34. The first-order valence-corrected chi connectivity index (χ1v) is 15.5. The van der Waals surface area contributed by atoms with Crippen LogP contribution in [-0.2, 0) is 0 Å². The van der Waals surface area contributed by atoms with Gasteiger partial charge in [0.15, 0.2) is 10.8 Å². The summed E-state index contributed by atoms with van der Waals surface area (Å²) in [7, 11) is 3.60. The number of piperidine rings is 1. The number of nitrogens with one attached hydrogen (secondary N) is 1. The number of nitrogens with zero attached hydrogens (tertiary/aromatic N) is 3. The molecule has 42 heavy (non-hydrogen) atoms. The van der Waals surface area contributed by atoms with Crippen molar-refractivity contribution < 1.29 is 28.1 Å². The normalized spacial score (nSPS) is 16.0. The van der Waals surface area contributed by atoms with E-state index in [4.69, 9.17) is 4.42 Å². The summed E-state index contributed by atoms with van der Waals surface area (Å²) in [6, 6.07) is 14.3. The Morgan fingerprint density at radius 3 is 2.67 bits per heavy atom. The van der Waals surface area contributed by atoms with Crippen LogP contribution in [0.3, 0.4) is 0 Å². The molecule has 6 rings (SSSR count). The number of furan rings is 1. The fourth-order valence-electron chi connectivity index (χ4n) is 5.55. The third-order valence-corrected chi connectivity index (χ3v) is 9.46. The maximum absolute atomic E-state index is 13.7. The van der Waals surface area contributed by atoms with E-state index in [0.29, 0.717) is 56.2 Å². The molecule has 2 N–H and O–H groups in total. The number of hydrogen-bond donors (Lipinski definition) is 2. The van der Waals surface area contributed by atoms with Gasteiger partial charge in [0, 0.05) is 49.3 Å². The standard InChI is InChI=1S/C31H28F2N4O3S2/c1-34-29(38)27-22-14-21(24(36(2)41-3)15-25(22)40-28(27)17-6-8-19(32)9-7-17)18-5-4-12-37(16-18)31(39)30-35-23-11-10-20(33)13-26(23)42-30/h6-11,13-15,18H,4-5,12,16H2,1-3H3,(H,34,38)/p+1/t18-/m0/s1. The number of benzene rings is 3. The number of anilines is 1. The predicted molar refractivity (Wildman–Crippen MR) is 165 cm³/mol. The number of aliphatic hydroxyl groups is 1. The minimum absolute atomic E-state index is 0.0114. The number of fused-ring (bicyclic) bond motifs is 2. The maximum Gasteiger partial charge on any atom is 0.370 e. The first-order valence-electron chi connectivity index (χ1n) is 13.5. The van der Waals surface area contributed by atoms with E-state index in [9.17, 15) is 18.7 Å². The Morgan fingerprint density at radius 2 is 1.93 bits per heavy atom. The van der Waals surface area contributed by atoms with E-state index in [1.54, 1.807) is 37.2 Å². The zero-order valence-electron chi connectivity index (χ0n) is 23.3. The van der Waals surface area contributed by atoms with E-state index in [1.807, 2.05) is 30.3 Å². The molecule has 11 heteroatoms. The van der Waals surface area contributed by atoms with Crippen LogP contribution < -0.4 is 9.30 Å². The summed E-state index contributed by atoms with van der Waals surface area (Å²) >= 11 is 2.76. The summed E-state index contributed by atoms with van der Waals surface area (Å²) < 4.78 is 36.4. The molecule has 1 fully saturated rings. The minimum atomic E-state index is -0.362. The average Bonchev–Trinajstić information content (AvgIpc) is 3.60. The highest BCUT2D eigenvalue weighted by Gasteiger charge is 2.32. The largest absolute Gasteiger partial charge is 0.460 e. The Labute approximate surface area is 249 Å². The van der Waals surface area contributed by atoms with Gasteiger partial charge in [0.05, 0.1) is 15.9 Å². The lowest BCUT2D eigenvalue weighted by Crippen LogP contribution is -2.68. The molecule has 3 heterocycles. The van der Waals surface area contributed by atoms with Crippen LogP contribution in [0.4, 0.5) is 14.5 Å². The molecule has 1 saturated heterocycles. The molecular weight excluding hydrogens is 578 g/mol. The summed E-state index contributed by atoms with van der Waals surface area (Å²) in [5, 5.41) is 12.0. The van der Waals surface area contributed by atoms with Crippen molar-refractivity contribution in [3.05, 3.63) is 82.4 Å². The quantitative estimate of drug-likeness (QED) is 0.146. The van der Waals surface area contributed by atoms with E-state index in [2.05, 4.69) is 14.3 Å². The van der Waals surface area contributed by atoms with Gasteiger partial charge < -0.3 is 18.7 Å². The first kappa shape index (κ1) is 28.2. The predicted octanol–water partition coefficient (Wildman–Crippen LogP) is 5.74. The summed E-state index contributed by atoms with van der Waals surface area (Å²) in [5.74, 6) is -0.494. The number of halogens is 2. The number of rotatable bonds is 6. The van der Waals surface area contributed by atoms with Gasteiger partial charge in [-0.1, -0.05) is 11.9 Å². The van der Waals surface area contributed by atoms with Crippen molar-refractivity contribution in [2.24, 2.45) is 0 Å². The molecule has 1 atom stereocenters. The van der Waals surface area contributed by atoms with Crippen LogP contribution in [-0.4, -0.2) is 60.2 Å². The smallest absolute Gasteiger partial charge is 0.370 e. The molecule has 0 unspecified atom stereocenters. The van der Waals surface area contributed by atoms with Crippen LogP contribution in [0.5, 0.6) is 0 Å². The van der Waals surface area contributed by atoms with E-state index in [0.717, 1.165) is 24.1 Å². The molecule has 0 bridgehead atoms. The summed E-state index contributed by atoms with van der Waals surface area (Å²) in [6.07, 6.45) is 3.66. The second-order valence-corrected chi connectivity index (χ2v) is 12.2. The van der Waals surface area contributed by atoms with Gasteiger partial charge in [0.1, 0.15) is 29.8 Å². The third-order valence-electron chi connectivity index (χ3n) is 7.71. The van der Waals surface area contributed by atoms with E-state index in [1.165, 1.54) is 35.6 Å². The van der Waals surface area contributed by atoms with Crippen molar-refractivity contribution in [2.75, 3.05) is 37.7 Å². The fraction of sp³-hybridized carbons (Fsp3) is 0.258. The number of aliphatic hydroxyl groups excluding tert-OH is 1. The molecule has 2 aromatic heterocycles. The highest BCUT2D eigenvalue weighted by atomic mass is 32.2. The Bertz CT molecular complexity index is 1830. The second-order valence-electron chi connectivity index (χ2n) is 10.2. The number of hydrogen-bond acceptors (Lipinski definition) is 6. The van der Waals surface area contributed by atoms with Crippen LogP contribution in [0.25, 0.3) is 32.5 Å². The topological polar surface area (TPSA) is 83.8 Å². The molecule has 1 aliphatic heterocycles. The second kappa shape index (κ2) is 11.4. The monoisotopic (exact) mass is 607 g/mol. The SMILES string of the molecule is C[NH+]=C(O)c1c(-c2ccc(F)cc2)oc2cc(N(C)SC)c([C@H]3CCCN(C(=O)c4nc5ccc(F)cc5s4)C3)cc12. The van der Waals surface area contributed by atoms with Crippen LogP contribution in [0, 0.1) is 11.6 Å². The summed E-state index contributed by atoms with van der Waals surface area (Å²) in [4.78, 5) is 22.7.